The Kier molecular flexibility index (Phi) is 4.17. The van der Waals surface area contributed by atoms with Crippen LogP contribution in [-0.2, 0) is 13.2 Å². The van der Waals surface area contributed by atoms with Crippen LogP contribution < -0.4 is 10.1 Å². The quantitative estimate of drug-likeness (QED) is 0.751. The van der Waals surface area contributed by atoms with Crippen LogP contribution in [-0.4, -0.2) is 11.5 Å². The van der Waals surface area contributed by atoms with Crippen LogP contribution >= 0.6 is 0 Å². The van der Waals surface area contributed by atoms with Crippen LogP contribution in [0.3, 0.4) is 0 Å². The van der Waals surface area contributed by atoms with Gasteiger partial charge in [0.25, 0.3) is 0 Å². The summed E-state index contributed by atoms with van der Waals surface area (Å²) in [5.41, 5.74) is 2.07. The molecule has 2 heterocycles. The van der Waals surface area contributed by atoms with Crippen molar-refractivity contribution in [3.05, 3.63) is 60.2 Å². The molecule has 0 saturated carbocycles. The van der Waals surface area contributed by atoms with Gasteiger partial charge in [0.05, 0.1) is 11.8 Å². The van der Waals surface area contributed by atoms with Crippen LogP contribution in [0.1, 0.15) is 18.2 Å². The maximum atomic E-state index is 5.92. The molecule has 0 aliphatic rings. The number of aromatic nitrogens is 1. The Morgan fingerprint density at radius 2 is 2.14 bits per heavy atom. The van der Waals surface area contributed by atoms with Crippen molar-refractivity contribution in [3.8, 4) is 5.75 Å². The zero-order valence-electron chi connectivity index (χ0n) is 12.0. The Morgan fingerprint density at radius 1 is 1.19 bits per heavy atom. The van der Waals surface area contributed by atoms with Crippen molar-refractivity contribution in [1.29, 1.82) is 0 Å². The molecule has 0 bridgehead atoms. The zero-order valence-corrected chi connectivity index (χ0v) is 12.0. The second-order valence-corrected chi connectivity index (χ2v) is 4.76. The SMILES string of the molecule is CCNCc1ccoc1COc1cccc2ncccc12. The maximum absolute atomic E-state index is 5.92. The van der Waals surface area contributed by atoms with Gasteiger partial charge in [-0.2, -0.15) is 0 Å². The molecule has 0 radical (unpaired) electrons. The van der Waals surface area contributed by atoms with Gasteiger partial charge in [-0.15, -0.1) is 0 Å². The van der Waals surface area contributed by atoms with Gasteiger partial charge in [0.2, 0.25) is 0 Å². The number of ether oxygens (including phenoxy) is 1. The highest BCUT2D eigenvalue weighted by molar-refractivity contribution is 5.84. The third-order valence-electron chi connectivity index (χ3n) is 3.37. The summed E-state index contributed by atoms with van der Waals surface area (Å²) in [4.78, 5) is 4.33. The van der Waals surface area contributed by atoms with Crippen LogP contribution in [0.5, 0.6) is 5.75 Å². The number of rotatable bonds is 6. The minimum Gasteiger partial charge on any atom is -0.485 e. The molecule has 0 amide bonds. The highest BCUT2D eigenvalue weighted by Gasteiger charge is 2.08. The lowest BCUT2D eigenvalue weighted by atomic mass is 10.2. The molecule has 0 aliphatic heterocycles. The van der Waals surface area contributed by atoms with Gasteiger partial charge < -0.3 is 14.5 Å². The summed E-state index contributed by atoms with van der Waals surface area (Å²) in [6.07, 6.45) is 3.49. The molecule has 4 heteroatoms. The highest BCUT2D eigenvalue weighted by Crippen LogP contribution is 2.25. The summed E-state index contributed by atoms with van der Waals surface area (Å²) in [7, 11) is 0. The number of nitrogens with zero attached hydrogens (tertiary/aromatic N) is 1. The van der Waals surface area contributed by atoms with Crippen LogP contribution in [0.15, 0.2) is 53.3 Å². The average molecular weight is 282 g/mol. The minimum absolute atomic E-state index is 0.418. The molecule has 0 unspecified atom stereocenters. The summed E-state index contributed by atoms with van der Waals surface area (Å²) in [6, 6.07) is 11.8. The van der Waals surface area contributed by atoms with E-state index in [1.54, 1.807) is 12.5 Å². The Morgan fingerprint density at radius 3 is 3.05 bits per heavy atom. The van der Waals surface area contributed by atoms with E-state index >= 15 is 0 Å². The number of hydrogen-bond donors (Lipinski definition) is 1. The maximum Gasteiger partial charge on any atom is 0.146 e. The first-order valence-corrected chi connectivity index (χ1v) is 7.11. The lowest BCUT2D eigenvalue weighted by molar-refractivity contribution is 0.271. The molecule has 108 valence electrons. The van der Waals surface area contributed by atoms with E-state index in [1.807, 2.05) is 36.4 Å². The summed E-state index contributed by atoms with van der Waals surface area (Å²) >= 11 is 0. The van der Waals surface area contributed by atoms with Crippen molar-refractivity contribution in [2.75, 3.05) is 6.54 Å². The molecule has 4 nitrogen and oxygen atoms in total. The second-order valence-electron chi connectivity index (χ2n) is 4.76. The number of benzene rings is 1. The fraction of sp³-hybridized carbons (Fsp3) is 0.235. The molecule has 0 atom stereocenters. The molecule has 21 heavy (non-hydrogen) atoms. The lowest BCUT2D eigenvalue weighted by Crippen LogP contribution is -2.12. The van der Waals surface area contributed by atoms with E-state index in [-0.39, 0.29) is 0 Å². The third kappa shape index (κ3) is 3.06. The summed E-state index contributed by atoms with van der Waals surface area (Å²) in [5, 5.41) is 4.31. The van der Waals surface area contributed by atoms with E-state index < -0.39 is 0 Å². The predicted octanol–water partition coefficient (Wildman–Crippen LogP) is 3.52. The van der Waals surface area contributed by atoms with E-state index in [9.17, 15) is 0 Å². The highest BCUT2D eigenvalue weighted by atomic mass is 16.5. The number of nitrogens with one attached hydrogen (secondary N) is 1. The van der Waals surface area contributed by atoms with Crippen molar-refractivity contribution in [2.45, 2.75) is 20.1 Å². The molecule has 0 saturated heterocycles. The number of hydrogen-bond acceptors (Lipinski definition) is 4. The van der Waals surface area contributed by atoms with Crippen molar-refractivity contribution < 1.29 is 9.15 Å². The van der Waals surface area contributed by atoms with Crippen molar-refractivity contribution in [3.63, 3.8) is 0 Å². The predicted molar refractivity (Wildman–Crippen MR) is 82.2 cm³/mol. The number of fused-ring (bicyclic) bond motifs is 1. The number of pyridine rings is 1. The molecule has 0 fully saturated rings. The fourth-order valence-corrected chi connectivity index (χ4v) is 2.26. The Labute approximate surface area is 123 Å². The molecule has 0 aliphatic carbocycles. The molecule has 3 rings (SSSR count). The van der Waals surface area contributed by atoms with E-state index in [0.29, 0.717) is 6.61 Å². The molecular formula is C17H18N2O2. The van der Waals surface area contributed by atoms with Crippen molar-refractivity contribution in [1.82, 2.24) is 10.3 Å². The number of furan rings is 1. The topological polar surface area (TPSA) is 47.3 Å². The van der Waals surface area contributed by atoms with Crippen LogP contribution in [0.4, 0.5) is 0 Å². The Balaban J connectivity index is 1.76. The van der Waals surface area contributed by atoms with Gasteiger partial charge in [-0.05, 0) is 36.9 Å². The Hall–Kier alpha value is -2.33. The van der Waals surface area contributed by atoms with Crippen molar-refractivity contribution in [2.24, 2.45) is 0 Å². The fourth-order valence-electron chi connectivity index (χ4n) is 2.26. The molecule has 3 aromatic rings. The first kappa shape index (κ1) is 13.6. The first-order chi connectivity index (χ1) is 10.4. The molecule has 1 aromatic carbocycles. The van der Waals surface area contributed by atoms with E-state index in [1.165, 1.54) is 0 Å². The van der Waals surface area contributed by atoms with Crippen molar-refractivity contribution >= 4 is 10.9 Å². The minimum atomic E-state index is 0.418. The van der Waals surface area contributed by atoms with E-state index in [4.69, 9.17) is 9.15 Å². The van der Waals surface area contributed by atoms with Crippen LogP contribution in [0.25, 0.3) is 10.9 Å². The van der Waals surface area contributed by atoms with Gasteiger partial charge in [-0.3, -0.25) is 4.98 Å². The van der Waals surface area contributed by atoms with Gasteiger partial charge in [0.1, 0.15) is 18.1 Å². The van der Waals surface area contributed by atoms with Crippen LogP contribution in [0, 0.1) is 0 Å². The Bertz CT molecular complexity index is 716. The van der Waals surface area contributed by atoms with Gasteiger partial charge in [-0.25, -0.2) is 0 Å². The first-order valence-electron chi connectivity index (χ1n) is 7.11. The lowest BCUT2D eigenvalue weighted by Gasteiger charge is -2.09. The largest absolute Gasteiger partial charge is 0.485 e. The van der Waals surface area contributed by atoms with Gasteiger partial charge in [0, 0.05) is 23.7 Å². The van der Waals surface area contributed by atoms with Gasteiger partial charge in [-0.1, -0.05) is 13.0 Å². The van der Waals surface area contributed by atoms with Crippen LogP contribution in [0.2, 0.25) is 0 Å². The van der Waals surface area contributed by atoms with Gasteiger partial charge in [0.15, 0.2) is 0 Å². The second kappa shape index (κ2) is 6.41. The normalized spacial score (nSPS) is 10.9. The zero-order chi connectivity index (χ0) is 14.5. The third-order valence-corrected chi connectivity index (χ3v) is 3.37. The summed E-state index contributed by atoms with van der Waals surface area (Å²) in [6.45, 7) is 4.23. The molecular weight excluding hydrogens is 264 g/mol. The summed E-state index contributed by atoms with van der Waals surface area (Å²) < 4.78 is 11.4. The average Bonchev–Trinajstić information content (AvgIpc) is 2.98. The van der Waals surface area contributed by atoms with E-state index in [0.717, 1.165) is 41.1 Å². The summed E-state index contributed by atoms with van der Waals surface area (Å²) in [5.74, 6) is 1.68. The molecule has 2 aromatic heterocycles. The molecule has 0 spiro atoms. The molecule has 1 N–H and O–H groups in total. The standard InChI is InChI=1S/C17H18N2O2/c1-2-18-11-13-8-10-20-17(13)12-21-16-7-3-6-15-14(16)5-4-9-19-15/h3-10,18H,2,11-12H2,1H3. The monoisotopic (exact) mass is 282 g/mol. The van der Waals surface area contributed by atoms with E-state index in [2.05, 4.69) is 17.2 Å². The smallest absolute Gasteiger partial charge is 0.146 e. The van der Waals surface area contributed by atoms with Gasteiger partial charge >= 0.3 is 0 Å².